The van der Waals surface area contributed by atoms with Crippen molar-refractivity contribution in [3.05, 3.63) is 122 Å². The molecule has 5 nitrogen and oxygen atoms in total. The van der Waals surface area contributed by atoms with Crippen LogP contribution in [0.4, 0.5) is 0 Å². The van der Waals surface area contributed by atoms with Crippen LogP contribution in [-0.4, -0.2) is 18.5 Å². The predicted molar refractivity (Wildman–Crippen MR) is 154 cm³/mol. The van der Waals surface area contributed by atoms with E-state index in [9.17, 15) is 0 Å². The van der Waals surface area contributed by atoms with Crippen LogP contribution in [0.15, 0.2) is 126 Å². The van der Waals surface area contributed by atoms with Crippen molar-refractivity contribution in [1.29, 1.82) is 0 Å². The average Bonchev–Trinajstić information content (AvgIpc) is 3.72. The molecule has 0 aliphatic heterocycles. The Morgan fingerprint density at radius 1 is 0.500 bits per heavy atom. The standard InChI is InChI=1S/C33H20N4O/c1-4-10-28-23(7-1)24-8-2-5-11-29(24)36(28)21-14-16-31-26(19-21)25-9-3-6-12-30(25)37(31)22-13-15-27-32(20-22)35-17-18-38-33(35)34-27/h1-20H. The first kappa shape index (κ1) is 19.8. The van der Waals surface area contributed by atoms with Crippen LogP contribution in [0.3, 0.4) is 0 Å². The Morgan fingerprint density at radius 2 is 1.05 bits per heavy atom. The second-order valence-corrected chi connectivity index (χ2v) is 9.76. The number of hydrogen-bond acceptors (Lipinski definition) is 2. The molecule has 0 spiro atoms. The molecule has 0 saturated carbocycles. The lowest BCUT2D eigenvalue weighted by Gasteiger charge is -2.10. The summed E-state index contributed by atoms with van der Waals surface area (Å²) >= 11 is 0. The van der Waals surface area contributed by atoms with E-state index in [4.69, 9.17) is 4.42 Å². The fourth-order valence-corrected chi connectivity index (χ4v) is 6.16. The smallest absolute Gasteiger partial charge is 0.306 e. The van der Waals surface area contributed by atoms with Crippen LogP contribution in [0.25, 0.3) is 71.9 Å². The van der Waals surface area contributed by atoms with E-state index in [2.05, 4.69) is 123 Å². The van der Waals surface area contributed by atoms with Crippen molar-refractivity contribution < 1.29 is 4.42 Å². The summed E-state index contributed by atoms with van der Waals surface area (Å²) in [6, 6.07) is 39.2. The van der Waals surface area contributed by atoms with Crippen LogP contribution < -0.4 is 0 Å². The zero-order valence-electron chi connectivity index (χ0n) is 20.2. The summed E-state index contributed by atoms with van der Waals surface area (Å²) in [7, 11) is 0. The lowest BCUT2D eigenvalue weighted by Crippen LogP contribution is -1.96. The van der Waals surface area contributed by atoms with E-state index in [1.54, 1.807) is 6.26 Å². The van der Waals surface area contributed by atoms with E-state index >= 15 is 0 Å². The highest BCUT2D eigenvalue weighted by Gasteiger charge is 2.17. The van der Waals surface area contributed by atoms with Gasteiger partial charge in [-0.25, -0.2) is 0 Å². The van der Waals surface area contributed by atoms with Gasteiger partial charge in [-0.15, -0.1) is 0 Å². The molecule has 0 bridgehead atoms. The predicted octanol–water partition coefficient (Wildman–Crippen LogP) is 8.27. The molecule has 0 fully saturated rings. The maximum Gasteiger partial charge on any atom is 0.306 e. The summed E-state index contributed by atoms with van der Waals surface area (Å²) in [6.07, 6.45) is 3.59. The molecule has 5 aromatic carbocycles. The number of imidazole rings is 1. The average molecular weight is 489 g/mol. The second kappa shape index (κ2) is 7.14. The Kier molecular flexibility index (Phi) is 3.73. The van der Waals surface area contributed by atoms with Crippen LogP contribution >= 0.6 is 0 Å². The SMILES string of the molecule is c1ccc2c(c1)c1ccccc1n2-c1ccc2c(c1)c1ccccc1n2-c1ccc2nc3occn3c2c1. The Balaban J connectivity index is 1.35. The highest BCUT2D eigenvalue weighted by molar-refractivity contribution is 6.12. The van der Waals surface area contributed by atoms with Gasteiger partial charge in [-0.1, -0.05) is 54.6 Å². The van der Waals surface area contributed by atoms with Crippen molar-refractivity contribution >= 4 is 60.5 Å². The summed E-state index contributed by atoms with van der Waals surface area (Å²) in [5.41, 5.74) is 8.97. The number of fused-ring (bicyclic) bond motifs is 9. The molecule has 38 heavy (non-hydrogen) atoms. The van der Waals surface area contributed by atoms with E-state index in [0.29, 0.717) is 5.84 Å². The summed E-state index contributed by atoms with van der Waals surface area (Å²) in [6.45, 7) is 0. The first-order valence-corrected chi connectivity index (χ1v) is 12.7. The molecule has 0 aliphatic carbocycles. The van der Waals surface area contributed by atoms with Gasteiger partial charge in [0, 0.05) is 39.1 Å². The molecule has 4 heterocycles. The van der Waals surface area contributed by atoms with Crippen LogP contribution in [-0.2, 0) is 0 Å². The molecule has 0 amide bonds. The number of oxazole rings is 1. The normalized spacial score (nSPS) is 12.2. The van der Waals surface area contributed by atoms with Crippen LogP contribution in [0.5, 0.6) is 0 Å². The lowest BCUT2D eigenvalue weighted by atomic mass is 10.1. The topological polar surface area (TPSA) is 40.3 Å². The molecule has 0 atom stereocenters. The fourth-order valence-electron chi connectivity index (χ4n) is 6.16. The zero-order valence-corrected chi connectivity index (χ0v) is 20.2. The van der Waals surface area contributed by atoms with Gasteiger partial charge in [-0.2, -0.15) is 4.98 Å². The molecule has 9 rings (SSSR count). The lowest BCUT2D eigenvalue weighted by molar-refractivity contribution is 0.597. The summed E-state index contributed by atoms with van der Waals surface area (Å²) in [5.74, 6) is 0.607. The first-order valence-electron chi connectivity index (χ1n) is 12.7. The van der Waals surface area contributed by atoms with E-state index in [0.717, 1.165) is 22.4 Å². The molecule has 178 valence electrons. The summed E-state index contributed by atoms with van der Waals surface area (Å²) in [5, 5.41) is 4.99. The zero-order chi connectivity index (χ0) is 24.8. The molecule has 0 unspecified atom stereocenters. The Labute approximate surface area is 216 Å². The molecule has 9 aromatic rings. The maximum atomic E-state index is 5.53. The van der Waals surface area contributed by atoms with E-state index in [1.807, 2.05) is 10.6 Å². The summed E-state index contributed by atoms with van der Waals surface area (Å²) in [4.78, 5) is 4.60. The first-order chi connectivity index (χ1) is 18.8. The van der Waals surface area contributed by atoms with E-state index < -0.39 is 0 Å². The molecule has 5 heteroatoms. The third kappa shape index (κ3) is 2.52. The number of hydrogen-bond donors (Lipinski definition) is 0. The third-order valence-corrected chi connectivity index (χ3v) is 7.78. The van der Waals surface area contributed by atoms with Crippen LogP contribution in [0.2, 0.25) is 0 Å². The van der Waals surface area contributed by atoms with Crippen LogP contribution in [0, 0.1) is 0 Å². The molecule has 0 N–H and O–H groups in total. The van der Waals surface area contributed by atoms with Crippen molar-refractivity contribution in [2.45, 2.75) is 0 Å². The van der Waals surface area contributed by atoms with Gasteiger partial charge in [-0.3, -0.25) is 4.40 Å². The van der Waals surface area contributed by atoms with Gasteiger partial charge in [-0.05, 0) is 54.6 Å². The minimum absolute atomic E-state index is 0.607. The number of aromatic nitrogens is 4. The van der Waals surface area contributed by atoms with Crippen molar-refractivity contribution in [1.82, 2.24) is 18.5 Å². The van der Waals surface area contributed by atoms with Gasteiger partial charge in [0.25, 0.3) is 0 Å². The highest BCUT2D eigenvalue weighted by Crippen LogP contribution is 2.37. The third-order valence-electron chi connectivity index (χ3n) is 7.78. The number of nitrogens with zero attached hydrogens (tertiary/aromatic N) is 4. The van der Waals surface area contributed by atoms with Crippen molar-refractivity contribution in [2.75, 3.05) is 0 Å². The molecule has 0 aliphatic rings. The monoisotopic (exact) mass is 488 g/mol. The van der Waals surface area contributed by atoms with Gasteiger partial charge in [0.05, 0.1) is 33.1 Å². The maximum absolute atomic E-state index is 5.53. The number of benzene rings is 5. The Hall–Kier alpha value is -5.29. The van der Waals surface area contributed by atoms with Gasteiger partial charge in [0.2, 0.25) is 0 Å². The van der Waals surface area contributed by atoms with Gasteiger partial charge < -0.3 is 13.6 Å². The molecular weight excluding hydrogens is 468 g/mol. The minimum atomic E-state index is 0.607. The van der Waals surface area contributed by atoms with Gasteiger partial charge in [0.1, 0.15) is 6.26 Å². The van der Waals surface area contributed by atoms with Crippen molar-refractivity contribution in [3.63, 3.8) is 0 Å². The quantitative estimate of drug-likeness (QED) is 0.246. The number of rotatable bonds is 2. The van der Waals surface area contributed by atoms with Crippen LogP contribution in [0.1, 0.15) is 0 Å². The van der Waals surface area contributed by atoms with Crippen molar-refractivity contribution in [2.24, 2.45) is 0 Å². The second-order valence-electron chi connectivity index (χ2n) is 9.76. The molecular formula is C33H20N4O. The van der Waals surface area contributed by atoms with E-state index in [1.165, 1.54) is 43.6 Å². The number of para-hydroxylation sites is 3. The fraction of sp³-hybridized carbons (Fsp3) is 0. The van der Waals surface area contributed by atoms with Gasteiger partial charge >= 0.3 is 5.84 Å². The largest absolute Gasteiger partial charge is 0.432 e. The summed E-state index contributed by atoms with van der Waals surface area (Å²) < 4.78 is 12.2. The minimum Gasteiger partial charge on any atom is -0.432 e. The molecule has 0 saturated heterocycles. The van der Waals surface area contributed by atoms with Crippen molar-refractivity contribution in [3.8, 4) is 11.4 Å². The molecule has 0 radical (unpaired) electrons. The molecule has 4 aromatic heterocycles. The van der Waals surface area contributed by atoms with Gasteiger partial charge in [0.15, 0.2) is 0 Å². The van der Waals surface area contributed by atoms with E-state index in [-0.39, 0.29) is 0 Å². The highest BCUT2D eigenvalue weighted by atomic mass is 16.3. The Morgan fingerprint density at radius 3 is 1.74 bits per heavy atom. The Bertz CT molecular complexity index is 2310.